The van der Waals surface area contributed by atoms with Gasteiger partial charge in [0.2, 0.25) is 10.0 Å². The molecule has 5 nitrogen and oxygen atoms in total. The molecule has 0 atom stereocenters. The highest BCUT2D eigenvalue weighted by atomic mass is 32.2. The van der Waals surface area contributed by atoms with Gasteiger partial charge in [-0.25, -0.2) is 8.42 Å². The first-order valence-corrected chi connectivity index (χ1v) is 11.6. The number of nitrogens with one attached hydrogen (secondary N) is 1. The van der Waals surface area contributed by atoms with Crippen molar-refractivity contribution in [3.05, 3.63) is 78.1 Å². The largest absolute Gasteiger partial charge is 0.372 e. The molecule has 0 aliphatic carbocycles. The molecule has 1 N–H and O–H groups in total. The molecule has 0 bridgehead atoms. The van der Waals surface area contributed by atoms with Crippen LogP contribution in [0.15, 0.2) is 71.8 Å². The van der Waals surface area contributed by atoms with Gasteiger partial charge in [0, 0.05) is 25.0 Å². The van der Waals surface area contributed by atoms with Crippen molar-refractivity contribution >= 4 is 15.7 Å². The lowest BCUT2D eigenvalue weighted by atomic mass is 9.83. The Labute approximate surface area is 172 Å². The van der Waals surface area contributed by atoms with Crippen molar-refractivity contribution in [1.29, 1.82) is 0 Å². The molecule has 0 radical (unpaired) electrons. The summed E-state index contributed by atoms with van der Waals surface area (Å²) in [6, 6.07) is 19.9. The zero-order chi connectivity index (χ0) is 20.1. The SMILES string of the molecule is CCc1ccccc1S(=O)(=O)N1CCC2(CC1)Nc1ccccc1-n1cccc12. The maximum Gasteiger partial charge on any atom is 0.243 e. The highest BCUT2D eigenvalue weighted by molar-refractivity contribution is 7.89. The monoisotopic (exact) mass is 407 g/mol. The summed E-state index contributed by atoms with van der Waals surface area (Å²) in [4.78, 5) is 0.448. The van der Waals surface area contributed by atoms with E-state index in [1.165, 1.54) is 5.69 Å². The van der Waals surface area contributed by atoms with E-state index in [9.17, 15) is 8.42 Å². The quantitative estimate of drug-likeness (QED) is 0.710. The summed E-state index contributed by atoms with van der Waals surface area (Å²) >= 11 is 0. The molecule has 1 aromatic heterocycles. The second-order valence-electron chi connectivity index (χ2n) is 7.85. The molecule has 2 aliphatic heterocycles. The van der Waals surface area contributed by atoms with Crippen LogP contribution in [0.3, 0.4) is 0 Å². The molecule has 150 valence electrons. The fourth-order valence-electron chi connectivity index (χ4n) is 4.77. The molecule has 0 unspecified atom stereocenters. The Hall–Kier alpha value is -2.57. The van der Waals surface area contributed by atoms with Gasteiger partial charge < -0.3 is 9.88 Å². The lowest BCUT2D eigenvalue weighted by molar-refractivity contribution is 0.247. The number of sulfonamides is 1. The third-order valence-electron chi connectivity index (χ3n) is 6.32. The van der Waals surface area contributed by atoms with Crippen molar-refractivity contribution in [3.63, 3.8) is 0 Å². The summed E-state index contributed by atoms with van der Waals surface area (Å²) in [5.41, 5.74) is 4.09. The smallest absolute Gasteiger partial charge is 0.243 e. The minimum absolute atomic E-state index is 0.242. The Bertz CT molecular complexity index is 1160. The number of hydrogen-bond donors (Lipinski definition) is 1. The summed E-state index contributed by atoms with van der Waals surface area (Å²) in [6.07, 6.45) is 4.27. The van der Waals surface area contributed by atoms with Gasteiger partial charge in [0.15, 0.2) is 0 Å². The van der Waals surface area contributed by atoms with Gasteiger partial charge in [0.05, 0.1) is 21.8 Å². The van der Waals surface area contributed by atoms with Gasteiger partial charge >= 0.3 is 0 Å². The maximum atomic E-state index is 13.3. The number of piperidine rings is 1. The van der Waals surface area contributed by atoms with Gasteiger partial charge in [0.25, 0.3) is 0 Å². The van der Waals surface area contributed by atoms with E-state index in [4.69, 9.17) is 0 Å². The predicted octanol–water partition coefficient (Wildman–Crippen LogP) is 4.15. The molecular formula is C23H25N3O2S. The summed E-state index contributed by atoms with van der Waals surface area (Å²) in [5, 5.41) is 3.75. The van der Waals surface area contributed by atoms with Crippen molar-refractivity contribution in [2.75, 3.05) is 18.4 Å². The number of fused-ring (bicyclic) bond motifs is 4. The second kappa shape index (κ2) is 6.75. The van der Waals surface area contributed by atoms with Gasteiger partial charge in [-0.05, 0) is 55.2 Å². The minimum Gasteiger partial charge on any atom is -0.372 e. The molecule has 5 rings (SSSR count). The Morgan fingerprint density at radius 3 is 2.48 bits per heavy atom. The van der Waals surface area contributed by atoms with Crippen LogP contribution in [-0.4, -0.2) is 30.4 Å². The van der Waals surface area contributed by atoms with E-state index < -0.39 is 10.0 Å². The fourth-order valence-corrected chi connectivity index (χ4v) is 6.50. The van der Waals surface area contributed by atoms with E-state index in [0.717, 1.165) is 29.8 Å². The molecule has 6 heteroatoms. The Morgan fingerprint density at radius 2 is 1.69 bits per heavy atom. The van der Waals surface area contributed by atoms with Gasteiger partial charge in [0.1, 0.15) is 0 Å². The number of aryl methyl sites for hydroxylation is 1. The zero-order valence-electron chi connectivity index (χ0n) is 16.5. The first-order chi connectivity index (χ1) is 14.0. The highest BCUT2D eigenvalue weighted by Crippen LogP contribution is 2.44. The van der Waals surface area contributed by atoms with Crippen molar-refractivity contribution in [1.82, 2.24) is 8.87 Å². The molecule has 1 saturated heterocycles. The van der Waals surface area contributed by atoms with Crippen LogP contribution in [0.4, 0.5) is 5.69 Å². The molecule has 3 heterocycles. The number of rotatable bonds is 3. The normalized spacial score (nSPS) is 18.1. The van der Waals surface area contributed by atoms with E-state index >= 15 is 0 Å². The summed E-state index contributed by atoms with van der Waals surface area (Å²) in [6.45, 7) is 3.00. The van der Waals surface area contributed by atoms with Gasteiger partial charge in [-0.1, -0.05) is 37.3 Å². The predicted molar refractivity (Wildman–Crippen MR) is 115 cm³/mol. The van der Waals surface area contributed by atoms with E-state index in [-0.39, 0.29) is 5.54 Å². The lowest BCUT2D eigenvalue weighted by Gasteiger charge is -2.46. The topological polar surface area (TPSA) is 54.3 Å². The van der Waals surface area contributed by atoms with E-state index in [1.54, 1.807) is 10.4 Å². The lowest BCUT2D eigenvalue weighted by Crippen LogP contribution is -2.51. The zero-order valence-corrected chi connectivity index (χ0v) is 17.3. The van der Waals surface area contributed by atoms with Gasteiger partial charge in [-0.3, -0.25) is 0 Å². The van der Waals surface area contributed by atoms with Gasteiger partial charge in [-0.15, -0.1) is 0 Å². The average Bonchev–Trinajstić information content (AvgIpc) is 3.26. The molecule has 1 spiro atoms. The number of para-hydroxylation sites is 2. The highest BCUT2D eigenvalue weighted by Gasteiger charge is 2.43. The second-order valence-corrected chi connectivity index (χ2v) is 9.76. The van der Waals surface area contributed by atoms with Crippen LogP contribution in [0, 0.1) is 0 Å². The molecule has 1 fully saturated rings. The van der Waals surface area contributed by atoms with Crippen LogP contribution in [-0.2, 0) is 22.0 Å². The van der Waals surface area contributed by atoms with Crippen LogP contribution in [0.2, 0.25) is 0 Å². The minimum atomic E-state index is -3.49. The van der Waals surface area contributed by atoms with Gasteiger partial charge in [-0.2, -0.15) is 4.31 Å². The van der Waals surface area contributed by atoms with Crippen LogP contribution >= 0.6 is 0 Å². The Balaban J connectivity index is 1.45. The molecule has 0 amide bonds. The van der Waals surface area contributed by atoms with E-state index in [2.05, 4.69) is 40.3 Å². The average molecular weight is 408 g/mol. The molecule has 0 saturated carbocycles. The standard InChI is InChI=1S/C23H25N3O2S/c1-2-18-8-3-6-11-21(18)29(27,28)25-16-13-23(14-17-25)22-12-7-15-26(22)20-10-5-4-9-19(20)24-23/h3-12,15,24H,2,13-14,16-17H2,1H3. The van der Waals surface area contributed by atoms with Crippen molar-refractivity contribution in [3.8, 4) is 5.69 Å². The maximum absolute atomic E-state index is 13.3. The van der Waals surface area contributed by atoms with Crippen molar-refractivity contribution in [2.45, 2.75) is 36.6 Å². The Kier molecular flexibility index (Phi) is 4.29. The van der Waals surface area contributed by atoms with E-state index in [1.807, 2.05) is 37.3 Å². The number of nitrogens with zero attached hydrogens (tertiary/aromatic N) is 2. The molecule has 29 heavy (non-hydrogen) atoms. The summed E-state index contributed by atoms with van der Waals surface area (Å²) < 4.78 is 30.6. The summed E-state index contributed by atoms with van der Waals surface area (Å²) in [5.74, 6) is 0. The summed E-state index contributed by atoms with van der Waals surface area (Å²) in [7, 11) is -3.49. The van der Waals surface area contributed by atoms with Crippen molar-refractivity contribution < 1.29 is 8.42 Å². The van der Waals surface area contributed by atoms with Crippen LogP contribution < -0.4 is 5.32 Å². The number of hydrogen-bond acceptors (Lipinski definition) is 3. The third kappa shape index (κ3) is 2.81. The van der Waals surface area contributed by atoms with Crippen LogP contribution in [0.1, 0.15) is 31.0 Å². The molecule has 3 aromatic rings. The molecular weight excluding hydrogens is 382 g/mol. The molecule has 2 aliphatic rings. The van der Waals surface area contributed by atoms with Crippen LogP contribution in [0.5, 0.6) is 0 Å². The first kappa shape index (κ1) is 18.5. The first-order valence-electron chi connectivity index (χ1n) is 10.2. The Morgan fingerprint density at radius 1 is 0.966 bits per heavy atom. The fraction of sp³-hybridized carbons (Fsp3) is 0.304. The van der Waals surface area contributed by atoms with E-state index in [0.29, 0.717) is 24.4 Å². The number of benzene rings is 2. The molecule has 2 aromatic carbocycles. The number of anilines is 1. The third-order valence-corrected chi connectivity index (χ3v) is 8.32. The van der Waals surface area contributed by atoms with Crippen molar-refractivity contribution in [2.24, 2.45) is 0 Å². The number of aromatic nitrogens is 1. The van der Waals surface area contributed by atoms with Crippen LogP contribution in [0.25, 0.3) is 5.69 Å².